The van der Waals surface area contributed by atoms with Crippen LogP contribution in [0.4, 0.5) is 5.82 Å². The average molecular weight is 440 g/mol. The van der Waals surface area contributed by atoms with E-state index in [0.29, 0.717) is 18.6 Å². The number of methoxy groups -OCH3 is 1. The van der Waals surface area contributed by atoms with Gasteiger partial charge >= 0.3 is 0 Å². The SMILES string of the molecule is COCc1nc(NCC(C(C)C)N2CCN(C)CC2)c2c(-c3ccccc3)csc2n1. The molecule has 0 spiro atoms. The number of hydrogen-bond acceptors (Lipinski definition) is 7. The van der Waals surface area contributed by atoms with E-state index in [4.69, 9.17) is 14.7 Å². The molecule has 2 aromatic heterocycles. The molecule has 1 fully saturated rings. The fraction of sp³-hybridized carbons (Fsp3) is 0.500. The maximum absolute atomic E-state index is 5.33. The molecule has 0 saturated carbocycles. The van der Waals surface area contributed by atoms with E-state index < -0.39 is 0 Å². The van der Waals surface area contributed by atoms with Crippen LogP contribution >= 0.6 is 11.3 Å². The van der Waals surface area contributed by atoms with Crippen molar-refractivity contribution >= 4 is 27.4 Å². The molecule has 1 atom stereocenters. The normalized spacial score (nSPS) is 16.8. The number of aromatic nitrogens is 2. The van der Waals surface area contributed by atoms with E-state index >= 15 is 0 Å². The maximum Gasteiger partial charge on any atom is 0.158 e. The number of rotatable bonds is 8. The number of nitrogens with one attached hydrogen (secondary N) is 1. The summed E-state index contributed by atoms with van der Waals surface area (Å²) in [6.07, 6.45) is 0. The molecule has 7 heteroatoms. The topological polar surface area (TPSA) is 53.5 Å². The minimum Gasteiger partial charge on any atom is -0.377 e. The third-order valence-corrected chi connectivity index (χ3v) is 6.97. The van der Waals surface area contributed by atoms with Crippen LogP contribution in [0.5, 0.6) is 0 Å². The van der Waals surface area contributed by atoms with Crippen molar-refractivity contribution in [2.45, 2.75) is 26.5 Å². The molecule has 1 aliphatic rings. The van der Waals surface area contributed by atoms with Crippen molar-refractivity contribution in [2.75, 3.05) is 52.2 Å². The first-order valence-electron chi connectivity index (χ1n) is 11.1. The van der Waals surface area contributed by atoms with E-state index in [1.54, 1.807) is 18.4 Å². The number of fused-ring (bicyclic) bond motifs is 1. The number of piperazine rings is 1. The second kappa shape index (κ2) is 10.0. The van der Waals surface area contributed by atoms with E-state index in [0.717, 1.165) is 54.6 Å². The minimum atomic E-state index is 0.412. The van der Waals surface area contributed by atoms with Crippen LogP contribution in [0.2, 0.25) is 0 Å². The molecule has 166 valence electrons. The standard InChI is InChI=1S/C24H33N5OS/c1-17(2)20(29-12-10-28(3)11-13-29)14-25-23-22-19(18-8-6-5-7-9-18)16-31-24(22)27-21(26-23)15-30-4/h5-9,16-17,20H,10-15H2,1-4H3,(H,25,26,27). The Morgan fingerprint density at radius 2 is 1.84 bits per heavy atom. The summed E-state index contributed by atoms with van der Waals surface area (Å²) in [5, 5.41) is 7.02. The quantitative estimate of drug-likeness (QED) is 0.568. The first kappa shape index (κ1) is 22.1. The Balaban J connectivity index is 1.65. The molecule has 1 unspecified atom stereocenters. The van der Waals surface area contributed by atoms with Gasteiger partial charge in [0, 0.05) is 56.8 Å². The maximum atomic E-state index is 5.33. The molecular weight excluding hydrogens is 406 g/mol. The van der Waals surface area contributed by atoms with Crippen molar-refractivity contribution in [3.63, 3.8) is 0 Å². The first-order valence-corrected chi connectivity index (χ1v) is 11.9. The van der Waals surface area contributed by atoms with Gasteiger partial charge in [-0.1, -0.05) is 44.2 Å². The van der Waals surface area contributed by atoms with Crippen molar-refractivity contribution in [1.29, 1.82) is 0 Å². The first-order chi connectivity index (χ1) is 15.1. The summed E-state index contributed by atoms with van der Waals surface area (Å²) >= 11 is 1.67. The predicted molar refractivity (Wildman–Crippen MR) is 130 cm³/mol. The van der Waals surface area contributed by atoms with Crippen molar-refractivity contribution in [3.8, 4) is 11.1 Å². The summed E-state index contributed by atoms with van der Waals surface area (Å²) in [4.78, 5) is 15.7. The zero-order chi connectivity index (χ0) is 21.8. The summed E-state index contributed by atoms with van der Waals surface area (Å²) in [5.41, 5.74) is 2.38. The Labute approximate surface area is 189 Å². The molecule has 0 bridgehead atoms. The lowest BCUT2D eigenvalue weighted by Gasteiger charge is -2.40. The molecule has 3 aromatic rings. The Hall–Kier alpha value is -2.06. The number of likely N-dealkylation sites (N-methyl/N-ethyl adjacent to an activating group) is 1. The zero-order valence-electron chi connectivity index (χ0n) is 19.0. The van der Waals surface area contributed by atoms with Crippen LogP contribution in [-0.2, 0) is 11.3 Å². The Bertz CT molecular complexity index is 982. The summed E-state index contributed by atoms with van der Waals surface area (Å²) in [7, 11) is 3.89. The third-order valence-electron chi connectivity index (χ3n) is 6.09. The fourth-order valence-electron chi connectivity index (χ4n) is 4.28. The zero-order valence-corrected chi connectivity index (χ0v) is 19.8. The largest absolute Gasteiger partial charge is 0.377 e. The number of hydrogen-bond donors (Lipinski definition) is 1. The van der Waals surface area contributed by atoms with E-state index in [1.165, 1.54) is 11.1 Å². The van der Waals surface area contributed by atoms with Crippen LogP contribution in [0.25, 0.3) is 21.3 Å². The molecule has 1 N–H and O–H groups in total. The second-order valence-corrected chi connectivity index (χ2v) is 9.51. The lowest BCUT2D eigenvalue weighted by atomic mass is 10.0. The van der Waals surface area contributed by atoms with Gasteiger partial charge in [0.15, 0.2) is 5.82 Å². The van der Waals surface area contributed by atoms with Gasteiger partial charge < -0.3 is 15.0 Å². The second-order valence-electron chi connectivity index (χ2n) is 8.65. The Morgan fingerprint density at radius 3 is 2.52 bits per heavy atom. The highest BCUT2D eigenvalue weighted by atomic mass is 32.1. The minimum absolute atomic E-state index is 0.412. The van der Waals surface area contributed by atoms with Crippen molar-refractivity contribution < 1.29 is 4.74 Å². The number of nitrogens with zero attached hydrogens (tertiary/aromatic N) is 4. The molecular formula is C24H33N5OS. The summed E-state index contributed by atoms with van der Waals surface area (Å²) in [6.45, 7) is 10.4. The van der Waals surface area contributed by atoms with E-state index in [1.807, 2.05) is 6.07 Å². The summed E-state index contributed by atoms with van der Waals surface area (Å²) < 4.78 is 5.33. The fourth-order valence-corrected chi connectivity index (χ4v) is 5.24. The number of benzene rings is 1. The van der Waals surface area contributed by atoms with Gasteiger partial charge in [0.2, 0.25) is 0 Å². The van der Waals surface area contributed by atoms with Crippen LogP contribution in [0.15, 0.2) is 35.7 Å². The summed E-state index contributed by atoms with van der Waals surface area (Å²) in [5.74, 6) is 2.19. The Kier molecular flexibility index (Phi) is 7.17. The molecule has 31 heavy (non-hydrogen) atoms. The molecule has 4 rings (SSSR count). The van der Waals surface area contributed by atoms with Gasteiger partial charge in [-0.05, 0) is 18.5 Å². The van der Waals surface area contributed by atoms with Crippen LogP contribution in [0.3, 0.4) is 0 Å². The molecule has 1 saturated heterocycles. The lowest BCUT2D eigenvalue weighted by molar-refractivity contribution is 0.0944. The van der Waals surface area contributed by atoms with Gasteiger partial charge in [-0.3, -0.25) is 4.90 Å². The van der Waals surface area contributed by atoms with Gasteiger partial charge in [-0.15, -0.1) is 11.3 Å². The monoisotopic (exact) mass is 439 g/mol. The third kappa shape index (κ3) is 5.06. The molecule has 6 nitrogen and oxygen atoms in total. The van der Waals surface area contributed by atoms with Crippen molar-refractivity contribution in [2.24, 2.45) is 5.92 Å². The molecule has 3 heterocycles. The smallest absolute Gasteiger partial charge is 0.158 e. The Morgan fingerprint density at radius 1 is 1.10 bits per heavy atom. The van der Waals surface area contributed by atoms with E-state index in [9.17, 15) is 0 Å². The van der Waals surface area contributed by atoms with Gasteiger partial charge in [0.25, 0.3) is 0 Å². The highest BCUT2D eigenvalue weighted by Gasteiger charge is 2.25. The van der Waals surface area contributed by atoms with Crippen molar-refractivity contribution in [1.82, 2.24) is 19.8 Å². The van der Waals surface area contributed by atoms with Crippen LogP contribution < -0.4 is 5.32 Å². The molecule has 1 aliphatic heterocycles. The highest BCUT2D eigenvalue weighted by Crippen LogP contribution is 2.37. The lowest BCUT2D eigenvalue weighted by Crippen LogP contribution is -2.52. The van der Waals surface area contributed by atoms with Crippen LogP contribution in [-0.4, -0.2) is 72.7 Å². The van der Waals surface area contributed by atoms with Gasteiger partial charge in [-0.2, -0.15) is 0 Å². The van der Waals surface area contributed by atoms with Gasteiger partial charge in [0.05, 0.1) is 5.39 Å². The van der Waals surface area contributed by atoms with Crippen molar-refractivity contribution in [3.05, 3.63) is 41.5 Å². The molecule has 1 aromatic carbocycles. The molecule has 0 radical (unpaired) electrons. The number of anilines is 1. The number of thiophene rings is 1. The number of ether oxygens (including phenoxy) is 1. The van der Waals surface area contributed by atoms with E-state index in [-0.39, 0.29) is 0 Å². The highest BCUT2D eigenvalue weighted by molar-refractivity contribution is 7.17. The van der Waals surface area contributed by atoms with Gasteiger partial charge in [-0.25, -0.2) is 9.97 Å². The summed E-state index contributed by atoms with van der Waals surface area (Å²) in [6, 6.07) is 11.0. The molecule has 0 aliphatic carbocycles. The predicted octanol–water partition coefficient (Wildman–Crippen LogP) is 4.19. The molecule has 0 amide bonds. The van der Waals surface area contributed by atoms with Crippen LogP contribution in [0, 0.1) is 5.92 Å². The average Bonchev–Trinajstić information content (AvgIpc) is 3.20. The van der Waals surface area contributed by atoms with Gasteiger partial charge in [0.1, 0.15) is 17.3 Å². The van der Waals surface area contributed by atoms with E-state index in [2.05, 4.69) is 65.7 Å². The van der Waals surface area contributed by atoms with Crippen LogP contribution in [0.1, 0.15) is 19.7 Å².